The number of fused-ring (bicyclic) bond motifs is 1. The van der Waals surface area contributed by atoms with Gasteiger partial charge in [-0.3, -0.25) is 9.36 Å². The Hall–Kier alpha value is -4.83. The first-order chi connectivity index (χ1) is 20.9. The van der Waals surface area contributed by atoms with E-state index in [-0.39, 0.29) is 12.2 Å². The molecule has 1 atom stereocenters. The summed E-state index contributed by atoms with van der Waals surface area (Å²) in [6, 6.07) is 21.6. The summed E-state index contributed by atoms with van der Waals surface area (Å²) < 4.78 is 29.9. The molecule has 3 aromatic carbocycles. The first-order valence-electron chi connectivity index (χ1n) is 13.8. The summed E-state index contributed by atoms with van der Waals surface area (Å²) in [4.78, 5) is 32.0. The highest BCUT2D eigenvalue weighted by molar-refractivity contribution is 7.07. The standard InChI is InChI=1S/C33H32N2O7S/c1-5-40-32(37)29-21(2)34-33-35(30(29)23-10-7-6-8-11-23)31(36)28(43-33)19-22-14-15-26(27(18-22)39-4)42-17-16-41-25-13-9-12-24(20-25)38-3/h6-15,18-20,30H,5,16-17H2,1-4H3/b28-19-/t30-/m0/s1. The topological polar surface area (TPSA) is 97.6 Å². The monoisotopic (exact) mass is 600 g/mol. The molecule has 0 radical (unpaired) electrons. The van der Waals surface area contributed by atoms with Crippen molar-refractivity contribution in [3.63, 3.8) is 0 Å². The normalized spacial score (nSPS) is 14.5. The van der Waals surface area contributed by atoms with Crippen molar-refractivity contribution < 1.29 is 28.5 Å². The zero-order valence-corrected chi connectivity index (χ0v) is 25.2. The van der Waals surface area contributed by atoms with Gasteiger partial charge < -0.3 is 23.7 Å². The second-order valence-electron chi connectivity index (χ2n) is 9.50. The van der Waals surface area contributed by atoms with Gasteiger partial charge in [-0.1, -0.05) is 53.8 Å². The Labute approximate surface area is 252 Å². The lowest BCUT2D eigenvalue weighted by Gasteiger charge is -2.24. The lowest BCUT2D eigenvalue weighted by Crippen LogP contribution is -2.39. The van der Waals surface area contributed by atoms with Crippen LogP contribution in [0.25, 0.3) is 6.08 Å². The van der Waals surface area contributed by atoms with Crippen LogP contribution in [-0.4, -0.2) is 44.6 Å². The summed E-state index contributed by atoms with van der Waals surface area (Å²) >= 11 is 1.27. The number of thiazole rings is 1. The molecule has 222 valence electrons. The minimum Gasteiger partial charge on any atom is -0.497 e. The predicted octanol–water partition coefficient (Wildman–Crippen LogP) is 4.27. The van der Waals surface area contributed by atoms with Crippen LogP contribution in [0, 0.1) is 0 Å². The molecule has 0 fully saturated rings. The maximum absolute atomic E-state index is 13.8. The third-order valence-corrected chi connectivity index (χ3v) is 7.75. The van der Waals surface area contributed by atoms with Gasteiger partial charge in [0.2, 0.25) is 0 Å². The van der Waals surface area contributed by atoms with Crippen molar-refractivity contribution in [2.45, 2.75) is 19.9 Å². The van der Waals surface area contributed by atoms with Gasteiger partial charge in [-0.25, -0.2) is 9.79 Å². The highest BCUT2D eigenvalue weighted by atomic mass is 32.1. The molecule has 1 aromatic heterocycles. The molecule has 0 aliphatic carbocycles. The van der Waals surface area contributed by atoms with Gasteiger partial charge in [-0.05, 0) is 55.3 Å². The molecule has 0 bridgehead atoms. The second kappa shape index (κ2) is 13.4. The maximum atomic E-state index is 13.8. The average molecular weight is 601 g/mol. The fraction of sp³-hybridized carbons (Fsp3) is 0.242. The van der Waals surface area contributed by atoms with Gasteiger partial charge in [0.15, 0.2) is 16.3 Å². The van der Waals surface area contributed by atoms with E-state index in [1.165, 1.54) is 11.3 Å². The number of carbonyl (C=O) groups excluding carboxylic acids is 1. The molecule has 0 amide bonds. The first-order valence-corrected chi connectivity index (χ1v) is 14.6. The van der Waals surface area contributed by atoms with E-state index in [0.29, 0.717) is 56.8 Å². The third-order valence-electron chi connectivity index (χ3n) is 6.77. The molecule has 1 aliphatic heterocycles. The minimum atomic E-state index is -0.650. The molecule has 0 unspecified atom stereocenters. The number of ether oxygens (including phenoxy) is 5. The van der Waals surface area contributed by atoms with Gasteiger partial charge in [0.05, 0.1) is 42.7 Å². The SMILES string of the molecule is CCOC(=O)C1=C(C)N=c2s/c(=C\c3ccc(OCCOc4cccc(OC)c4)c(OC)c3)c(=O)n2[C@H]1c1ccccc1. The van der Waals surface area contributed by atoms with E-state index in [9.17, 15) is 9.59 Å². The van der Waals surface area contributed by atoms with Crippen LogP contribution in [0.15, 0.2) is 93.9 Å². The van der Waals surface area contributed by atoms with Crippen LogP contribution in [0.3, 0.4) is 0 Å². The van der Waals surface area contributed by atoms with E-state index in [2.05, 4.69) is 4.99 Å². The van der Waals surface area contributed by atoms with Gasteiger partial charge in [-0.15, -0.1) is 0 Å². The molecule has 0 spiro atoms. The number of benzene rings is 3. The number of carbonyl (C=O) groups is 1. The Morgan fingerprint density at radius 2 is 1.70 bits per heavy atom. The highest BCUT2D eigenvalue weighted by Gasteiger charge is 2.33. The van der Waals surface area contributed by atoms with E-state index >= 15 is 0 Å². The van der Waals surface area contributed by atoms with Crippen molar-refractivity contribution in [2.75, 3.05) is 34.0 Å². The van der Waals surface area contributed by atoms with Crippen LogP contribution in [0.2, 0.25) is 0 Å². The molecule has 0 saturated carbocycles. The fourth-order valence-electron chi connectivity index (χ4n) is 4.79. The summed E-state index contributed by atoms with van der Waals surface area (Å²) in [7, 11) is 3.17. The molecular formula is C33H32N2O7S. The summed E-state index contributed by atoms with van der Waals surface area (Å²) in [5, 5.41) is 0. The Morgan fingerprint density at radius 1 is 0.930 bits per heavy atom. The number of nitrogens with zero attached hydrogens (tertiary/aromatic N) is 2. The first kappa shape index (κ1) is 29.7. The molecule has 0 N–H and O–H groups in total. The summed E-state index contributed by atoms with van der Waals surface area (Å²) in [6.07, 6.45) is 1.79. The van der Waals surface area contributed by atoms with Gasteiger partial charge in [0.1, 0.15) is 24.7 Å². The summed E-state index contributed by atoms with van der Waals surface area (Å²) in [6.45, 7) is 4.37. The number of aromatic nitrogens is 1. The molecular weight excluding hydrogens is 568 g/mol. The Morgan fingerprint density at radius 3 is 2.44 bits per heavy atom. The molecule has 0 saturated heterocycles. The Bertz CT molecular complexity index is 1830. The molecule has 10 heteroatoms. The molecule has 9 nitrogen and oxygen atoms in total. The zero-order chi connectivity index (χ0) is 30.3. The number of allylic oxidation sites excluding steroid dienone is 1. The van der Waals surface area contributed by atoms with Crippen LogP contribution in [0.1, 0.15) is 31.0 Å². The van der Waals surface area contributed by atoms with Crippen LogP contribution < -0.4 is 33.8 Å². The van der Waals surface area contributed by atoms with E-state index in [1.807, 2.05) is 54.6 Å². The van der Waals surface area contributed by atoms with Crippen molar-refractivity contribution in [2.24, 2.45) is 4.99 Å². The lowest BCUT2D eigenvalue weighted by atomic mass is 9.96. The third kappa shape index (κ3) is 6.49. The number of rotatable bonds is 11. The average Bonchev–Trinajstić information content (AvgIpc) is 3.33. The number of methoxy groups -OCH3 is 2. The van der Waals surface area contributed by atoms with Gasteiger partial charge in [0, 0.05) is 6.07 Å². The van der Waals surface area contributed by atoms with E-state index < -0.39 is 12.0 Å². The zero-order valence-electron chi connectivity index (χ0n) is 24.4. The predicted molar refractivity (Wildman–Crippen MR) is 164 cm³/mol. The van der Waals surface area contributed by atoms with Crippen LogP contribution in [0.5, 0.6) is 23.0 Å². The molecule has 2 heterocycles. The van der Waals surface area contributed by atoms with E-state index in [1.54, 1.807) is 56.9 Å². The maximum Gasteiger partial charge on any atom is 0.338 e. The minimum absolute atomic E-state index is 0.221. The van der Waals surface area contributed by atoms with Crippen molar-refractivity contribution in [1.29, 1.82) is 0 Å². The largest absolute Gasteiger partial charge is 0.497 e. The number of hydrogen-bond donors (Lipinski definition) is 0. The Balaban J connectivity index is 1.41. The molecule has 5 rings (SSSR count). The number of hydrogen-bond acceptors (Lipinski definition) is 9. The quantitative estimate of drug-likeness (QED) is 0.187. The van der Waals surface area contributed by atoms with Crippen molar-refractivity contribution in [1.82, 2.24) is 4.57 Å². The van der Waals surface area contributed by atoms with Crippen molar-refractivity contribution in [3.05, 3.63) is 115 Å². The van der Waals surface area contributed by atoms with Crippen LogP contribution in [0.4, 0.5) is 0 Å². The molecule has 43 heavy (non-hydrogen) atoms. The molecule has 4 aromatic rings. The lowest BCUT2D eigenvalue weighted by molar-refractivity contribution is -0.139. The van der Waals surface area contributed by atoms with E-state index in [4.69, 9.17) is 23.7 Å². The smallest absolute Gasteiger partial charge is 0.338 e. The summed E-state index contributed by atoms with van der Waals surface area (Å²) in [5.41, 5.74) is 2.18. The number of esters is 1. The van der Waals surface area contributed by atoms with Crippen LogP contribution >= 0.6 is 11.3 Å². The van der Waals surface area contributed by atoms with Gasteiger partial charge >= 0.3 is 5.97 Å². The van der Waals surface area contributed by atoms with Gasteiger partial charge in [0.25, 0.3) is 5.56 Å². The second-order valence-corrected chi connectivity index (χ2v) is 10.5. The summed E-state index contributed by atoms with van der Waals surface area (Å²) in [5.74, 6) is 1.99. The van der Waals surface area contributed by atoms with Crippen molar-refractivity contribution in [3.8, 4) is 23.0 Å². The Kier molecular flexibility index (Phi) is 9.26. The van der Waals surface area contributed by atoms with Gasteiger partial charge in [-0.2, -0.15) is 0 Å². The highest BCUT2D eigenvalue weighted by Crippen LogP contribution is 2.31. The molecule has 1 aliphatic rings. The van der Waals surface area contributed by atoms with Crippen molar-refractivity contribution >= 4 is 23.4 Å². The van der Waals surface area contributed by atoms with E-state index in [0.717, 1.165) is 11.1 Å². The van der Waals surface area contributed by atoms with Crippen LogP contribution in [-0.2, 0) is 9.53 Å². The fourth-order valence-corrected chi connectivity index (χ4v) is 5.84.